The van der Waals surface area contributed by atoms with Gasteiger partial charge in [-0.05, 0) is 30.3 Å². The summed E-state index contributed by atoms with van der Waals surface area (Å²) in [4.78, 5) is 11.9. The third kappa shape index (κ3) is 12.9. The van der Waals surface area contributed by atoms with Gasteiger partial charge < -0.3 is 15.5 Å². The van der Waals surface area contributed by atoms with Crippen LogP contribution in [-0.2, 0) is 26.4 Å². The molecule has 11 nitrogen and oxygen atoms in total. The van der Waals surface area contributed by atoms with E-state index in [2.05, 4.69) is 14.9 Å². The number of anilines is 2. The van der Waals surface area contributed by atoms with Gasteiger partial charge in [-0.2, -0.15) is 35.0 Å². The molecule has 1 aromatic heterocycles. The number of aromatic nitrogens is 2. The van der Waals surface area contributed by atoms with E-state index in [1.165, 1.54) is 18.2 Å². The monoisotopic (exact) mass is 611 g/mol. The van der Waals surface area contributed by atoms with Crippen molar-refractivity contribution in [1.82, 2.24) is 14.9 Å². The Balaban J connectivity index is 0.000000583. The number of halogens is 5. The number of piperazine rings is 1. The van der Waals surface area contributed by atoms with Crippen molar-refractivity contribution in [3.8, 4) is 11.1 Å². The van der Waals surface area contributed by atoms with Crippen molar-refractivity contribution < 1.29 is 39.1 Å². The second-order valence-electron chi connectivity index (χ2n) is 7.68. The molecule has 1 aliphatic rings. The van der Waals surface area contributed by atoms with Gasteiger partial charge in [-0.1, -0.05) is 30.1 Å². The van der Waals surface area contributed by atoms with Crippen LogP contribution in [0.25, 0.3) is 11.1 Å². The topological polar surface area (TPSA) is 167 Å². The molecule has 1 saturated heterocycles. The number of hydrogen-bond donors (Lipinski definition) is 3. The molecule has 1 aromatic carbocycles. The van der Waals surface area contributed by atoms with Crippen LogP contribution in [0.2, 0.25) is 10.0 Å². The third-order valence-corrected chi connectivity index (χ3v) is 4.88. The third-order valence-electron chi connectivity index (χ3n) is 4.45. The molecule has 2 aromatic rings. The van der Waals surface area contributed by atoms with Gasteiger partial charge in [0.25, 0.3) is 20.2 Å². The summed E-state index contributed by atoms with van der Waals surface area (Å²) in [6.07, 6.45) is -3.28. The Kier molecular flexibility index (Phi) is 11.8. The van der Waals surface area contributed by atoms with Crippen LogP contribution in [0.1, 0.15) is 12.6 Å². The van der Waals surface area contributed by atoms with E-state index in [0.29, 0.717) is 25.6 Å². The number of benzene rings is 1. The molecule has 3 rings (SSSR count). The smallest absolute Gasteiger partial charge is 0.383 e. The first-order valence-corrected chi connectivity index (χ1v) is 14.7. The van der Waals surface area contributed by atoms with Gasteiger partial charge in [-0.3, -0.25) is 9.11 Å². The van der Waals surface area contributed by atoms with Gasteiger partial charge >= 0.3 is 6.18 Å². The van der Waals surface area contributed by atoms with Crippen LogP contribution >= 0.6 is 23.2 Å². The van der Waals surface area contributed by atoms with Crippen LogP contribution in [0.4, 0.5) is 24.9 Å². The predicted octanol–water partition coefficient (Wildman–Crippen LogP) is 3.20. The zero-order valence-electron chi connectivity index (χ0n) is 19.9. The number of hydrogen-bond acceptors (Lipinski definition) is 9. The van der Waals surface area contributed by atoms with Crippen LogP contribution in [0, 0.1) is 0 Å². The fourth-order valence-corrected chi connectivity index (χ4v) is 3.59. The molecular weight excluding hydrogens is 586 g/mol. The molecule has 1 aliphatic heterocycles. The molecule has 0 aliphatic carbocycles. The fraction of sp³-hybridized carbons (Fsp3) is 0.474. The first-order valence-electron chi connectivity index (χ1n) is 10.2. The molecule has 2 heterocycles. The first kappa shape index (κ1) is 33.1. The van der Waals surface area contributed by atoms with Gasteiger partial charge in [-0.25, -0.2) is 4.98 Å². The summed E-state index contributed by atoms with van der Waals surface area (Å²) in [6, 6.07) is 4.15. The van der Waals surface area contributed by atoms with E-state index in [4.69, 9.17) is 38.0 Å². The molecule has 0 bridgehead atoms. The molecule has 0 spiro atoms. The second kappa shape index (κ2) is 13.2. The standard InChI is InChI=1S/C17H18Cl2F3N5.2CH4O3S/c1-2-26-3-5-27(6-4-26)16-24-14(17(20,21)22)13(15(23)25-16)10-7-11(18)9-12(19)8-10;2*1-5(2,3)4/h7-9H,2-6H2,1H3,(H2,23,24,25);2*1H3,(H,2,3,4). The molecule has 0 atom stereocenters. The van der Waals surface area contributed by atoms with Crippen molar-refractivity contribution in [1.29, 1.82) is 0 Å². The minimum absolute atomic E-state index is 0.0209. The van der Waals surface area contributed by atoms with E-state index < -0.39 is 32.1 Å². The molecule has 0 radical (unpaired) electrons. The number of nitrogen functional groups attached to an aromatic ring is 1. The summed E-state index contributed by atoms with van der Waals surface area (Å²) in [5.74, 6) is -0.281. The van der Waals surface area contributed by atoms with Gasteiger partial charge in [0.1, 0.15) is 5.82 Å². The van der Waals surface area contributed by atoms with E-state index in [-0.39, 0.29) is 32.9 Å². The average Bonchev–Trinajstić information content (AvgIpc) is 2.69. The SMILES string of the molecule is CCN1CCN(c2nc(N)c(-c3cc(Cl)cc(Cl)c3)c(C(F)(F)F)n2)CC1.CS(=O)(=O)O.CS(=O)(=O)O. The zero-order valence-corrected chi connectivity index (χ0v) is 23.0. The first-order chi connectivity index (χ1) is 16.7. The Morgan fingerprint density at radius 3 is 1.76 bits per heavy atom. The molecule has 0 amide bonds. The average molecular weight is 612 g/mol. The van der Waals surface area contributed by atoms with Crippen molar-refractivity contribution in [2.24, 2.45) is 0 Å². The van der Waals surface area contributed by atoms with E-state index >= 15 is 0 Å². The van der Waals surface area contributed by atoms with E-state index in [0.717, 1.165) is 19.6 Å². The van der Waals surface area contributed by atoms with E-state index in [1.54, 1.807) is 4.90 Å². The predicted molar refractivity (Wildman–Crippen MR) is 136 cm³/mol. The lowest BCUT2D eigenvalue weighted by Crippen LogP contribution is -2.47. The highest BCUT2D eigenvalue weighted by Gasteiger charge is 2.38. The minimum Gasteiger partial charge on any atom is -0.383 e. The molecule has 37 heavy (non-hydrogen) atoms. The minimum atomic E-state index is -4.71. The molecule has 1 fully saturated rings. The summed E-state index contributed by atoms with van der Waals surface area (Å²) in [5, 5.41) is 0.398. The summed E-state index contributed by atoms with van der Waals surface area (Å²) in [5.41, 5.74) is 4.65. The molecule has 0 saturated carbocycles. The quantitative estimate of drug-likeness (QED) is 0.436. The maximum atomic E-state index is 13.7. The van der Waals surface area contributed by atoms with Crippen LogP contribution in [0.15, 0.2) is 18.2 Å². The zero-order chi connectivity index (χ0) is 28.8. The Bertz CT molecular complexity index is 1220. The lowest BCUT2D eigenvalue weighted by atomic mass is 10.0. The number of alkyl halides is 3. The number of nitrogens with zero attached hydrogens (tertiary/aromatic N) is 4. The largest absolute Gasteiger partial charge is 0.434 e. The Labute approximate surface area is 222 Å². The van der Waals surface area contributed by atoms with Crippen molar-refractivity contribution in [3.63, 3.8) is 0 Å². The summed E-state index contributed by atoms with van der Waals surface area (Å²) in [7, 11) is -7.33. The van der Waals surface area contributed by atoms with Crippen molar-refractivity contribution in [2.75, 3.05) is 55.9 Å². The second-order valence-corrected chi connectivity index (χ2v) is 11.5. The lowest BCUT2D eigenvalue weighted by molar-refractivity contribution is -0.140. The van der Waals surface area contributed by atoms with Crippen molar-refractivity contribution in [3.05, 3.63) is 33.9 Å². The van der Waals surface area contributed by atoms with Crippen LogP contribution < -0.4 is 10.6 Å². The number of likely N-dealkylation sites (N-methyl/N-ethyl adjacent to an activating group) is 1. The maximum absolute atomic E-state index is 13.7. The highest BCUT2D eigenvalue weighted by atomic mass is 35.5. The Morgan fingerprint density at radius 2 is 1.38 bits per heavy atom. The maximum Gasteiger partial charge on any atom is 0.434 e. The van der Waals surface area contributed by atoms with Crippen molar-refractivity contribution >= 4 is 55.2 Å². The highest BCUT2D eigenvalue weighted by molar-refractivity contribution is 7.85. The van der Waals surface area contributed by atoms with E-state index in [1.807, 2.05) is 6.92 Å². The Morgan fingerprint density at radius 1 is 0.946 bits per heavy atom. The van der Waals surface area contributed by atoms with Gasteiger partial charge in [-0.15, -0.1) is 0 Å². The van der Waals surface area contributed by atoms with E-state index in [9.17, 15) is 30.0 Å². The van der Waals surface area contributed by atoms with Gasteiger partial charge in [0, 0.05) is 36.2 Å². The molecule has 0 unspecified atom stereocenters. The molecule has 4 N–H and O–H groups in total. The molecule has 210 valence electrons. The normalized spacial score (nSPS) is 14.8. The van der Waals surface area contributed by atoms with Gasteiger partial charge in [0.15, 0.2) is 5.69 Å². The summed E-state index contributed by atoms with van der Waals surface area (Å²) in [6.45, 7) is 5.45. The van der Waals surface area contributed by atoms with Crippen LogP contribution in [0.5, 0.6) is 0 Å². The Hall–Kier alpha value is -1.95. The van der Waals surface area contributed by atoms with Crippen LogP contribution in [0.3, 0.4) is 0 Å². The number of rotatable bonds is 3. The summed E-state index contributed by atoms with van der Waals surface area (Å²) < 4.78 is 93.0. The van der Waals surface area contributed by atoms with Crippen LogP contribution in [-0.4, -0.2) is 86.0 Å². The van der Waals surface area contributed by atoms with Gasteiger partial charge in [0.05, 0.1) is 18.1 Å². The fourth-order valence-electron chi connectivity index (χ4n) is 3.06. The summed E-state index contributed by atoms with van der Waals surface area (Å²) >= 11 is 11.9. The van der Waals surface area contributed by atoms with Gasteiger partial charge in [0.2, 0.25) is 5.95 Å². The number of nitrogens with two attached hydrogens (primary N) is 1. The highest BCUT2D eigenvalue weighted by Crippen LogP contribution is 2.40. The van der Waals surface area contributed by atoms with Crippen molar-refractivity contribution in [2.45, 2.75) is 13.1 Å². The molecular formula is C19H26Cl2F3N5O6S2. The molecule has 18 heteroatoms. The lowest BCUT2D eigenvalue weighted by Gasteiger charge is -2.34.